The second-order valence-electron chi connectivity index (χ2n) is 2.27. The first-order chi connectivity index (χ1) is 4.86. The fourth-order valence-corrected chi connectivity index (χ4v) is 1.15. The number of rotatable bonds is 3. The van der Waals surface area contributed by atoms with Crippen molar-refractivity contribution in [1.82, 2.24) is 10.2 Å². The van der Waals surface area contributed by atoms with Gasteiger partial charge in [-0.15, -0.1) is 0 Å². The van der Waals surface area contributed by atoms with Crippen molar-refractivity contribution < 1.29 is 0 Å². The molecule has 0 radical (unpaired) electrons. The van der Waals surface area contributed by atoms with Gasteiger partial charge in [-0.25, -0.2) is 0 Å². The van der Waals surface area contributed by atoms with Crippen LogP contribution in [0.1, 0.15) is 24.7 Å². The minimum Gasteiger partial charge on any atom is -0.281 e. The summed E-state index contributed by atoms with van der Waals surface area (Å²) in [6.07, 6.45) is 2.23. The highest BCUT2D eigenvalue weighted by molar-refractivity contribution is 9.08. The van der Waals surface area contributed by atoms with Crippen molar-refractivity contribution in [2.45, 2.75) is 25.1 Å². The average Bonchev–Trinajstić information content (AvgIpc) is 2.37. The Bertz CT molecular complexity index is 195. The molecule has 1 N–H and O–H groups in total. The third-order valence-corrected chi connectivity index (χ3v) is 1.94. The van der Waals surface area contributed by atoms with E-state index >= 15 is 0 Å². The number of hydrogen-bond acceptors (Lipinski definition) is 1. The lowest BCUT2D eigenvalue weighted by molar-refractivity contribution is 0.865. The van der Waals surface area contributed by atoms with Crippen molar-refractivity contribution in [1.29, 1.82) is 0 Å². The van der Waals surface area contributed by atoms with Gasteiger partial charge < -0.3 is 0 Å². The average molecular weight is 203 g/mol. The summed E-state index contributed by atoms with van der Waals surface area (Å²) in [4.78, 5) is 0. The van der Waals surface area contributed by atoms with Crippen molar-refractivity contribution in [3.05, 3.63) is 17.5 Å². The van der Waals surface area contributed by atoms with Crippen LogP contribution < -0.4 is 0 Å². The number of alkyl halides is 1. The molecule has 0 fully saturated rings. The molecule has 10 heavy (non-hydrogen) atoms. The lowest BCUT2D eigenvalue weighted by Crippen LogP contribution is -1.80. The summed E-state index contributed by atoms with van der Waals surface area (Å²) in [6, 6.07) is 2.10. The third kappa shape index (κ3) is 1.84. The molecule has 1 rings (SSSR count). The summed E-state index contributed by atoms with van der Waals surface area (Å²) >= 11 is 3.35. The number of aromatic nitrogens is 2. The molecule has 0 spiro atoms. The van der Waals surface area contributed by atoms with Crippen LogP contribution in [-0.4, -0.2) is 10.2 Å². The highest BCUT2D eigenvalue weighted by atomic mass is 79.9. The maximum absolute atomic E-state index is 4.12. The van der Waals surface area contributed by atoms with Crippen molar-refractivity contribution in [2.75, 3.05) is 0 Å². The molecule has 0 aromatic carbocycles. The minimum atomic E-state index is 0.865. The molecule has 0 saturated heterocycles. The Labute approximate surface area is 69.2 Å². The molecule has 1 aromatic heterocycles. The predicted molar refractivity (Wildman–Crippen MR) is 45.2 cm³/mol. The van der Waals surface area contributed by atoms with Gasteiger partial charge in [0.15, 0.2) is 0 Å². The van der Waals surface area contributed by atoms with Gasteiger partial charge in [0.25, 0.3) is 0 Å². The largest absolute Gasteiger partial charge is 0.281 e. The Kier molecular flexibility index (Phi) is 2.93. The molecule has 0 unspecified atom stereocenters. The summed E-state index contributed by atoms with van der Waals surface area (Å²) in [5, 5.41) is 7.93. The maximum atomic E-state index is 4.12. The van der Waals surface area contributed by atoms with Crippen LogP contribution in [0.25, 0.3) is 0 Å². The summed E-state index contributed by atoms with van der Waals surface area (Å²) in [5.74, 6) is 0. The summed E-state index contributed by atoms with van der Waals surface area (Å²) in [7, 11) is 0. The fourth-order valence-electron chi connectivity index (χ4n) is 0.862. The molecule has 3 heteroatoms. The number of H-pyrrole nitrogens is 1. The first-order valence-electron chi connectivity index (χ1n) is 3.46. The van der Waals surface area contributed by atoms with E-state index in [-0.39, 0.29) is 0 Å². The summed E-state index contributed by atoms with van der Waals surface area (Å²) in [6.45, 7) is 2.16. The number of halogens is 1. The zero-order chi connectivity index (χ0) is 7.40. The first kappa shape index (κ1) is 7.79. The molecular formula is C7H11BrN2. The fraction of sp³-hybridized carbons (Fsp3) is 0.571. The Morgan fingerprint density at radius 2 is 2.50 bits per heavy atom. The van der Waals surface area contributed by atoms with Gasteiger partial charge in [-0.2, -0.15) is 5.10 Å². The Hall–Kier alpha value is -0.310. The zero-order valence-corrected chi connectivity index (χ0v) is 7.61. The molecule has 0 aliphatic rings. The van der Waals surface area contributed by atoms with Gasteiger partial charge in [-0.1, -0.05) is 29.3 Å². The lowest BCUT2D eigenvalue weighted by Gasteiger charge is -1.85. The van der Waals surface area contributed by atoms with E-state index in [0.717, 1.165) is 29.6 Å². The topological polar surface area (TPSA) is 28.7 Å². The van der Waals surface area contributed by atoms with Crippen molar-refractivity contribution >= 4 is 15.9 Å². The van der Waals surface area contributed by atoms with E-state index < -0.39 is 0 Å². The van der Waals surface area contributed by atoms with Crippen molar-refractivity contribution in [3.8, 4) is 0 Å². The summed E-state index contributed by atoms with van der Waals surface area (Å²) in [5.41, 5.74) is 2.32. The quantitative estimate of drug-likeness (QED) is 0.750. The van der Waals surface area contributed by atoms with Crippen LogP contribution in [0, 0.1) is 0 Å². The Morgan fingerprint density at radius 3 is 3.00 bits per heavy atom. The van der Waals surface area contributed by atoms with Crippen molar-refractivity contribution in [3.63, 3.8) is 0 Å². The third-order valence-electron chi connectivity index (χ3n) is 1.33. The molecule has 0 saturated carbocycles. The van der Waals surface area contributed by atoms with Crippen LogP contribution in [0.2, 0.25) is 0 Å². The number of nitrogens with zero attached hydrogens (tertiary/aromatic N) is 1. The van der Waals surface area contributed by atoms with E-state index in [1.54, 1.807) is 0 Å². The molecule has 0 atom stereocenters. The molecule has 0 aliphatic heterocycles. The monoisotopic (exact) mass is 202 g/mol. The molecule has 0 bridgehead atoms. The maximum Gasteiger partial charge on any atom is 0.0625 e. The molecule has 1 heterocycles. The standard InChI is InChI=1S/C7H11BrN2/c1-2-3-6-4-7(5-8)10-9-6/h4H,2-3,5H2,1H3,(H,9,10). The molecule has 1 aromatic rings. The van der Waals surface area contributed by atoms with Crippen LogP contribution in [0.4, 0.5) is 0 Å². The minimum absolute atomic E-state index is 0.865. The predicted octanol–water partition coefficient (Wildman–Crippen LogP) is 2.26. The van der Waals surface area contributed by atoms with Crippen LogP contribution in [-0.2, 0) is 11.8 Å². The highest BCUT2D eigenvalue weighted by Crippen LogP contribution is 2.05. The highest BCUT2D eigenvalue weighted by Gasteiger charge is 1.96. The van der Waals surface area contributed by atoms with E-state index in [2.05, 4.69) is 39.1 Å². The number of aromatic amines is 1. The van der Waals surface area contributed by atoms with Crippen LogP contribution >= 0.6 is 15.9 Å². The Balaban J connectivity index is 2.59. The van der Waals surface area contributed by atoms with Gasteiger partial charge >= 0.3 is 0 Å². The molecular weight excluding hydrogens is 192 g/mol. The van der Waals surface area contributed by atoms with Crippen molar-refractivity contribution in [2.24, 2.45) is 0 Å². The van der Waals surface area contributed by atoms with Gasteiger partial charge in [-0.05, 0) is 12.5 Å². The Morgan fingerprint density at radius 1 is 1.70 bits per heavy atom. The number of aryl methyl sites for hydroxylation is 1. The van der Waals surface area contributed by atoms with E-state index in [1.807, 2.05) is 0 Å². The van der Waals surface area contributed by atoms with Gasteiger partial charge in [0, 0.05) is 11.0 Å². The second-order valence-corrected chi connectivity index (χ2v) is 2.83. The van der Waals surface area contributed by atoms with Gasteiger partial charge in [0.2, 0.25) is 0 Å². The normalized spacial score (nSPS) is 10.2. The van der Waals surface area contributed by atoms with E-state index in [0.29, 0.717) is 0 Å². The van der Waals surface area contributed by atoms with E-state index in [4.69, 9.17) is 0 Å². The molecule has 56 valence electrons. The first-order valence-corrected chi connectivity index (χ1v) is 4.58. The molecule has 0 amide bonds. The van der Waals surface area contributed by atoms with Gasteiger partial charge in [0.1, 0.15) is 0 Å². The SMILES string of the molecule is CCCc1cc(CBr)[nH]n1. The van der Waals surface area contributed by atoms with Gasteiger partial charge in [-0.3, -0.25) is 5.10 Å². The second kappa shape index (κ2) is 3.76. The lowest BCUT2D eigenvalue weighted by atomic mass is 10.2. The van der Waals surface area contributed by atoms with E-state index in [9.17, 15) is 0 Å². The van der Waals surface area contributed by atoms with Crippen LogP contribution in [0.15, 0.2) is 6.07 Å². The number of nitrogens with one attached hydrogen (secondary N) is 1. The zero-order valence-electron chi connectivity index (χ0n) is 6.02. The van der Waals surface area contributed by atoms with E-state index in [1.165, 1.54) is 0 Å². The number of hydrogen-bond donors (Lipinski definition) is 1. The summed E-state index contributed by atoms with van der Waals surface area (Å²) < 4.78 is 0. The molecule has 0 aliphatic carbocycles. The molecule has 2 nitrogen and oxygen atoms in total. The van der Waals surface area contributed by atoms with Crippen LogP contribution in [0.3, 0.4) is 0 Å². The van der Waals surface area contributed by atoms with Crippen LogP contribution in [0.5, 0.6) is 0 Å². The smallest absolute Gasteiger partial charge is 0.0625 e. The van der Waals surface area contributed by atoms with Gasteiger partial charge in [0.05, 0.1) is 5.69 Å².